The Kier molecular flexibility index (Phi) is 18.1. The van der Waals surface area contributed by atoms with Crippen LogP contribution in [0.2, 0.25) is 0 Å². The van der Waals surface area contributed by atoms with Gasteiger partial charge in [-0.25, -0.2) is 0 Å². The third-order valence-electron chi connectivity index (χ3n) is 4.45. The minimum atomic E-state index is -1.17. The van der Waals surface area contributed by atoms with E-state index >= 15 is 0 Å². The van der Waals surface area contributed by atoms with Gasteiger partial charge in [-0.1, -0.05) is 83.3 Å². The summed E-state index contributed by atoms with van der Waals surface area (Å²) >= 11 is 0. The molecule has 3 N–H and O–H groups in total. The Hall–Kier alpha value is -0.420. The SMILES string of the molecule is CCCCCCCCCCCCCC=CC(O)CCOC(O)C(C)O. The standard InChI is InChI=1S/C21H42O4/c1-3-4-5-6-7-8-9-10-11-12-13-14-15-16-20(23)17-18-25-21(24)19(2)22/h15-16,19-24H,3-14,17-18H2,1-2H3. The van der Waals surface area contributed by atoms with Crippen molar-refractivity contribution in [2.75, 3.05) is 6.61 Å². The van der Waals surface area contributed by atoms with Crippen LogP contribution >= 0.6 is 0 Å². The van der Waals surface area contributed by atoms with E-state index in [4.69, 9.17) is 9.84 Å². The van der Waals surface area contributed by atoms with Gasteiger partial charge in [0.05, 0.1) is 12.7 Å². The van der Waals surface area contributed by atoms with Crippen LogP contribution in [0.1, 0.15) is 97.3 Å². The van der Waals surface area contributed by atoms with Crippen molar-refractivity contribution in [3.8, 4) is 0 Å². The van der Waals surface area contributed by atoms with Gasteiger partial charge in [-0.05, 0) is 19.8 Å². The van der Waals surface area contributed by atoms with Crippen molar-refractivity contribution in [2.45, 2.75) is 116 Å². The molecule has 0 rings (SSSR count). The average Bonchev–Trinajstić information content (AvgIpc) is 2.58. The highest BCUT2D eigenvalue weighted by Crippen LogP contribution is 2.12. The van der Waals surface area contributed by atoms with E-state index in [1.807, 2.05) is 6.08 Å². The minimum absolute atomic E-state index is 0.232. The number of allylic oxidation sites excluding steroid dienone is 1. The maximum Gasteiger partial charge on any atom is 0.180 e. The molecule has 0 bridgehead atoms. The summed E-state index contributed by atoms with van der Waals surface area (Å²) in [6.07, 6.45) is 17.4. The molecule has 0 heterocycles. The van der Waals surface area contributed by atoms with E-state index in [0.717, 1.165) is 6.42 Å². The lowest BCUT2D eigenvalue weighted by atomic mass is 10.1. The van der Waals surface area contributed by atoms with Gasteiger partial charge >= 0.3 is 0 Å². The van der Waals surface area contributed by atoms with Gasteiger partial charge in [0.25, 0.3) is 0 Å². The molecule has 0 aromatic rings. The van der Waals surface area contributed by atoms with Crippen molar-refractivity contribution < 1.29 is 20.1 Å². The smallest absolute Gasteiger partial charge is 0.180 e. The zero-order chi connectivity index (χ0) is 18.8. The van der Waals surface area contributed by atoms with Crippen LogP contribution in [-0.4, -0.2) is 40.4 Å². The number of rotatable bonds is 18. The summed E-state index contributed by atoms with van der Waals surface area (Å²) in [6.45, 7) is 3.96. The largest absolute Gasteiger partial charge is 0.389 e. The van der Waals surface area contributed by atoms with Crippen LogP contribution < -0.4 is 0 Å². The van der Waals surface area contributed by atoms with Gasteiger partial charge in [-0.15, -0.1) is 0 Å². The van der Waals surface area contributed by atoms with Crippen LogP contribution in [0.15, 0.2) is 12.2 Å². The third kappa shape index (κ3) is 18.2. The van der Waals surface area contributed by atoms with Crippen molar-refractivity contribution in [1.82, 2.24) is 0 Å². The Morgan fingerprint density at radius 2 is 1.32 bits per heavy atom. The number of ether oxygens (including phenoxy) is 1. The fraction of sp³-hybridized carbons (Fsp3) is 0.905. The number of aliphatic hydroxyl groups is 3. The van der Waals surface area contributed by atoms with Crippen LogP contribution in [0, 0.1) is 0 Å². The highest BCUT2D eigenvalue weighted by Gasteiger charge is 2.11. The first-order chi connectivity index (χ1) is 12.1. The maximum absolute atomic E-state index is 9.77. The van der Waals surface area contributed by atoms with E-state index in [1.165, 1.54) is 77.6 Å². The molecule has 3 atom stereocenters. The molecule has 25 heavy (non-hydrogen) atoms. The van der Waals surface area contributed by atoms with Gasteiger partial charge in [0, 0.05) is 6.42 Å². The minimum Gasteiger partial charge on any atom is -0.389 e. The first-order valence-corrected chi connectivity index (χ1v) is 10.4. The Balaban J connectivity index is 3.31. The van der Waals surface area contributed by atoms with Crippen LogP contribution in [0.25, 0.3) is 0 Å². The van der Waals surface area contributed by atoms with Gasteiger partial charge in [-0.2, -0.15) is 0 Å². The molecule has 0 aromatic carbocycles. The van der Waals surface area contributed by atoms with Gasteiger partial charge < -0.3 is 20.1 Å². The second-order valence-electron chi connectivity index (χ2n) is 7.11. The van der Waals surface area contributed by atoms with Crippen molar-refractivity contribution in [1.29, 1.82) is 0 Å². The van der Waals surface area contributed by atoms with E-state index in [0.29, 0.717) is 6.42 Å². The fourth-order valence-corrected chi connectivity index (χ4v) is 2.72. The lowest BCUT2D eigenvalue weighted by molar-refractivity contribution is -0.158. The molecule has 0 aromatic heterocycles. The van der Waals surface area contributed by atoms with Crippen molar-refractivity contribution in [3.63, 3.8) is 0 Å². The Labute approximate surface area is 155 Å². The molecular weight excluding hydrogens is 316 g/mol. The number of hydrogen-bond acceptors (Lipinski definition) is 4. The summed E-state index contributed by atoms with van der Waals surface area (Å²) in [7, 11) is 0. The van der Waals surface area contributed by atoms with Gasteiger partial charge in [0.2, 0.25) is 0 Å². The maximum atomic E-state index is 9.77. The Bertz CT molecular complexity index is 292. The topological polar surface area (TPSA) is 69.9 Å². The van der Waals surface area contributed by atoms with E-state index in [-0.39, 0.29) is 6.61 Å². The zero-order valence-electron chi connectivity index (χ0n) is 16.5. The molecule has 150 valence electrons. The molecule has 0 spiro atoms. The molecule has 0 aliphatic carbocycles. The number of aliphatic hydroxyl groups excluding tert-OH is 3. The first-order valence-electron chi connectivity index (χ1n) is 10.4. The van der Waals surface area contributed by atoms with Crippen LogP contribution in [0.3, 0.4) is 0 Å². The van der Waals surface area contributed by atoms with Crippen LogP contribution in [0.5, 0.6) is 0 Å². The average molecular weight is 359 g/mol. The first kappa shape index (κ1) is 24.6. The summed E-state index contributed by atoms with van der Waals surface area (Å²) in [5, 5.41) is 28.1. The Morgan fingerprint density at radius 3 is 1.84 bits per heavy atom. The van der Waals surface area contributed by atoms with E-state index in [1.54, 1.807) is 6.08 Å². The second-order valence-corrected chi connectivity index (χ2v) is 7.11. The summed E-state index contributed by atoms with van der Waals surface area (Å²) in [5.41, 5.74) is 0. The summed E-state index contributed by atoms with van der Waals surface area (Å²) in [4.78, 5) is 0. The summed E-state index contributed by atoms with van der Waals surface area (Å²) in [6, 6.07) is 0. The van der Waals surface area contributed by atoms with Crippen molar-refractivity contribution in [2.24, 2.45) is 0 Å². The fourth-order valence-electron chi connectivity index (χ4n) is 2.72. The van der Waals surface area contributed by atoms with Gasteiger partial charge in [0.1, 0.15) is 6.10 Å². The number of unbranched alkanes of at least 4 members (excludes halogenated alkanes) is 11. The summed E-state index contributed by atoms with van der Waals surface area (Å²) in [5.74, 6) is 0. The molecule has 4 heteroatoms. The highest BCUT2D eigenvalue weighted by molar-refractivity contribution is 4.88. The van der Waals surface area contributed by atoms with E-state index in [9.17, 15) is 10.2 Å². The van der Waals surface area contributed by atoms with E-state index in [2.05, 4.69) is 6.92 Å². The van der Waals surface area contributed by atoms with E-state index < -0.39 is 18.5 Å². The molecule has 0 aliphatic heterocycles. The zero-order valence-corrected chi connectivity index (χ0v) is 16.5. The van der Waals surface area contributed by atoms with Crippen molar-refractivity contribution in [3.05, 3.63) is 12.2 Å². The van der Waals surface area contributed by atoms with Crippen molar-refractivity contribution >= 4 is 0 Å². The lowest BCUT2D eigenvalue weighted by Gasteiger charge is -2.15. The molecular formula is C21H42O4. The molecule has 0 radical (unpaired) electrons. The predicted octanol–water partition coefficient (Wildman–Crippen LogP) is 4.71. The third-order valence-corrected chi connectivity index (χ3v) is 4.45. The molecule has 4 nitrogen and oxygen atoms in total. The lowest BCUT2D eigenvalue weighted by Crippen LogP contribution is -2.26. The highest BCUT2D eigenvalue weighted by atomic mass is 16.6. The van der Waals surface area contributed by atoms with Crippen LogP contribution in [-0.2, 0) is 4.74 Å². The molecule has 0 saturated heterocycles. The summed E-state index contributed by atoms with van der Waals surface area (Å²) < 4.78 is 5.00. The normalized spacial score (nSPS) is 15.6. The molecule has 0 saturated carbocycles. The predicted molar refractivity (Wildman–Crippen MR) is 104 cm³/mol. The number of hydrogen-bond donors (Lipinski definition) is 3. The molecule has 0 aliphatic rings. The van der Waals surface area contributed by atoms with Gasteiger partial charge in [-0.3, -0.25) is 0 Å². The van der Waals surface area contributed by atoms with Gasteiger partial charge in [0.15, 0.2) is 6.29 Å². The Morgan fingerprint density at radius 1 is 0.800 bits per heavy atom. The second kappa shape index (κ2) is 18.4. The monoisotopic (exact) mass is 358 g/mol. The quantitative estimate of drug-likeness (QED) is 0.188. The van der Waals surface area contributed by atoms with Crippen LogP contribution in [0.4, 0.5) is 0 Å². The molecule has 3 unspecified atom stereocenters. The molecule has 0 amide bonds. The molecule has 0 fully saturated rings.